The summed E-state index contributed by atoms with van der Waals surface area (Å²) < 4.78 is 0. The van der Waals surface area contributed by atoms with Crippen LogP contribution in [0.3, 0.4) is 0 Å². The van der Waals surface area contributed by atoms with Crippen molar-refractivity contribution in [3.05, 3.63) is 34.9 Å². The van der Waals surface area contributed by atoms with Crippen LogP contribution in [0.15, 0.2) is 18.2 Å². The normalized spacial score (nSPS) is 12.5. The number of ketones is 1. The molecule has 1 aromatic rings. The lowest BCUT2D eigenvalue weighted by molar-refractivity contribution is -0.120. The topological polar surface area (TPSA) is 17.1 Å². The van der Waals surface area contributed by atoms with E-state index in [0.717, 1.165) is 12.8 Å². The maximum atomic E-state index is 11.4. The van der Waals surface area contributed by atoms with Crippen molar-refractivity contribution in [1.82, 2.24) is 0 Å². The van der Waals surface area contributed by atoms with Gasteiger partial charge in [0.25, 0.3) is 0 Å². The van der Waals surface area contributed by atoms with Gasteiger partial charge < -0.3 is 0 Å². The molecule has 0 aliphatic heterocycles. The minimum atomic E-state index is 0.186. The molecule has 0 amide bonds. The van der Waals surface area contributed by atoms with Crippen molar-refractivity contribution < 1.29 is 4.79 Å². The Morgan fingerprint density at radius 3 is 2.47 bits per heavy atom. The SMILES string of the molecule is CCC(Cc1ccc(C)cc1C)C(C)=O. The number of rotatable bonds is 4. The molecular formula is C14H20O. The fraction of sp³-hybridized carbons (Fsp3) is 0.500. The summed E-state index contributed by atoms with van der Waals surface area (Å²) in [5.41, 5.74) is 3.89. The van der Waals surface area contributed by atoms with Gasteiger partial charge in [0.05, 0.1) is 0 Å². The molecule has 1 aromatic carbocycles. The van der Waals surface area contributed by atoms with Crippen molar-refractivity contribution in [1.29, 1.82) is 0 Å². The predicted octanol–water partition coefficient (Wildman–Crippen LogP) is 3.46. The zero-order chi connectivity index (χ0) is 11.4. The number of Topliss-reactive ketones (excluding diaryl/α,β-unsaturated/α-hetero) is 1. The summed E-state index contributed by atoms with van der Waals surface area (Å²) in [6, 6.07) is 6.45. The van der Waals surface area contributed by atoms with Crippen LogP contribution in [0, 0.1) is 19.8 Å². The van der Waals surface area contributed by atoms with E-state index in [9.17, 15) is 4.79 Å². The number of hydrogen-bond acceptors (Lipinski definition) is 1. The molecule has 1 rings (SSSR count). The average molecular weight is 204 g/mol. The molecule has 0 bridgehead atoms. The quantitative estimate of drug-likeness (QED) is 0.734. The Kier molecular flexibility index (Phi) is 4.07. The third kappa shape index (κ3) is 3.19. The monoisotopic (exact) mass is 204 g/mol. The average Bonchev–Trinajstić information content (AvgIpc) is 2.16. The van der Waals surface area contributed by atoms with Gasteiger partial charge in [0.15, 0.2) is 0 Å². The highest BCUT2D eigenvalue weighted by Gasteiger charge is 2.13. The summed E-state index contributed by atoms with van der Waals surface area (Å²) in [5, 5.41) is 0. The van der Waals surface area contributed by atoms with Crippen LogP contribution in [0.4, 0.5) is 0 Å². The van der Waals surface area contributed by atoms with Crippen molar-refractivity contribution in [2.24, 2.45) is 5.92 Å². The van der Waals surface area contributed by atoms with Crippen LogP contribution in [0.25, 0.3) is 0 Å². The highest BCUT2D eigenvalue weighted by molar-refractivity contribution is 5.78. The summed E-state index contributed by atoms with van der Waals surface area (Å²) >= 11 is 0. The molecule has 0 saturated heterocycles. The van der Waals surface area contributed by atoms with Crippen LogP contribution in [0.1, 0.15) is 37.0 Å². The fourth-order valence-corrected chi connectivity index (χ4v) is 1.92. The first-order valence-electron chi connectivity index (χ1n) is 5.61. The first-order chi connectivity index (χ1) is 7.04. The first kappa shape index (κ1) is 12.0. The zero-order valence-corrected chi connectivity index (χ0v) is 10.1. The van der Waals surface area contributed by atoms with Gasteiger partial charge in [-0.05, 0) is 44.7 Å². The lowest BCUT2D eigenvalue weighted by Crippen LogP contribution is -2.13. The third-order valence-electron chi connectivity index (χ3n) is 3.03. The first-order valence-corrected chi connectivity index (χ1v) is 5.61. The Morgan fingerprint density at radius 2 is 2.00 bits per heavy atom. The molecule has 0 aliphatic rings. The summed E-state index contributed by atoms with van der Waals surface area (Å²) in [6.45, 7) is 7.99. The molecule has 1 heteroatoms. The molecule has 82 valence electrons. The number of carbonyl (C=O) groups is 1. The molecule has 0 heterocycles. The Hall–Kier alpha value is -1.11. The van der Waals surface area contributed by atoms with Crippen LogP contribution < -0.4 is 0 Å². The summed E-state index contributed by atoms with van der Waals surface area (Å²) in [7, 11) is 0. The van der Waals surface area contributed by atoms with Gasteiger partial charge in [-0.25, -0.2) is 0 Å². The lowest BCUT2D eigenvalue weighted by atomic mass is 9.91. The number of benzene rings is 1. The Labute approximate surface area is 92.5 Å². The summed E-state index contributed by atoms with van der Waals surface area (Å²) in [5.74, 6) is 0.490. The van der Waals surface area contributed by atoms with Crippen molar-refractivity contribution in [3.63, 3.8) is 0 Å². The minimum absolute atomic E-state index is 0.186. The molecular weight excluding hydrogens is 184 g/mol. The van der Waals surface area contributed by atoms with Gasteiger partial charge in [-0.3, -0.25) is 4.79 Å². The molecule has 0 aliphatic carbocycles. The van der Waals surface area contributed by atoms with E-state index in [4.69, 9.17) is 0 Å². The molecule has 15 heavy (non-hydrogen) atoms. The Balaban J connectivity index is 2.84. The molecule has 0 saturated carbocycles. The van der Waals surface area contributed by atoms with Gasteiger partial charge in [-0.15, -0.1) is 0 Å². The van der Waals surface area contributed by atoms with Crippen molar-refractivity contribution >= 4 is 5.78 Å². The van der Waals surface area contributed by atoms with Gasteiger partial charge in [0.2, 0.25) is 0 Å². The van der Waals surface area contributed by atoms with Crippen molar-refractivity contribution in [2.45, 2.75) is 40.5 Å². The molecule has 1 nitrogen and oxygen atoms in total. The van der Waals surface area contributed by atoms with E-state index < -0.39 is 0 Å². The summed E-state index contributed by atoms with van der Waals surface area (Å²) in [4.78, 5) is 11.4. The summed E-state index contributed by atoms with van der Waals surface area (Å²) in [6.07, 6.45) is 1.82. The van der Waals surface area contributed by atoms with Crippen LogP contribution in [-0.2, 0) is 11.2 Å². The fourth-order valence-electron chi connectivity index (χ4n) is 1.92. The predicted molar refractivity (Wildman–Crippen MR) is 64.1 cm³/mol. The Bertz CT molecular complexity index is 352. The second-order valence-corrected chi connectivity index (χ2v) is 4.35. The van der Waals surface area contributed by atoms with Gasteiger partial charge in [0, 0.05) is 5.92 Å². The van der Waals surface area contributed by atoms with Crippen LogP contribution in [0.2, 0.25) is 0 Å². The maximum Gasteiger partial charge on any atom is 0.133 e. The molecule has 0 spiro atoms. The van der Waals surface area contributed by atoms with Gasteiger partial charge in [-0.2, -0.15) is 0 Å². The molecule has 0 radical (unpaired) electrons. The second-order valence-electron chi connectivity index (χ2n) is 4.35. The van der Waals surface area contributed by atoms with Gasteiger partial charge in [-0.1, -0.05) is 30.7 Å². The largest absolute Gasteiger partial charge is 0.300 e. The molecule has 0 fully saturated rings. The second kappa shape index (κ2) is 5.11. The van der Waals surface area contributed by atoms with E-state index in [1.165, 1.54) is 16.7 Å². The van der Waals surface area contributed by atoms with E-state index >= 15 is 0 Å². The van der Waals surface area contributed by atoms with Gasteiger partial charge >= 0.3 is 0 Å². The lowest BCUT2D eigenvalue weighted by Gasteiger charge is -2.13. The molecule has 0 N–H and O–H groups in total. The smallest absolute Gasteiger partial charge is 0.133 e. The third-order valence-corrected chi connectivity index (χ3v) is 3.03. The van der Waals surface area contributed by atoms with Crippen LogP contribution in [-0.4, -0.2) is 5.78 Å². The minimum Gasteiger partial charge on any atom is -0.300 e. The van der Waals surface area contributed by atoms with Crippen molar-refractivity contribution in [2.75, 3.05) is 0 Å². The highest BCUT2D eigenvalue weighted by atomic mass is 16.1. The van der Waals surface area contributed by atoms with Crippen LogP contribution >= 0.6 is 0 Å². The van der Waals surface area contributed by atoms with E-state index in [2.05, 4.69) is 39.0 Å². The molecule has 1 atom stereocenters. The van der Waals surface area contributed by atoms with Crippen LogP contribution in [0.5, 0.6) is 0 Å². The number of carbonyl (C=O) groups excluding carboxylic acids is 1. The zero-order valence-electron chi connectivity index (χ0n) is 10.1. The molecule has 1 unspecified atom stereocenters. The Morgan fingerprint density at radius 1 is 1.33 bits per heavy atom. The van der Waals surface area contributed by atoms with E-state index in [1.54, 1.807) is 6.92 Å². The van der Waals surface area contributed by atoms with E-state index in [0.29, 0.717) is 5.78 Å². The van der Waals surface area contributed by atoms with E-state index in [-0.39, 0.29) is 5.92 Å². The van der Waals surface area contributed by atoms with Crippen molar-refractivity contribution in [3.8, 4) is 0 Å². The molecule has 0 aromatic heterocycles. The number of aryl methyl sites for hydroxylation is 2. The highest BCUT2D eigenvalue weighted by Crippen LogP contribution is 2.17. The van der Waals surface area contributed by atoms with E-state index in [1.807, 2.05) is 0 Å². The standard InChI is InChI=1S/C14H20O/c1-5-13(12(4)15)9-14-7-6-10(2)8-11(14)3/h6-8,13H,5,9H2,1-4H3. The number of hydrogen-bond donors (Lipinski definition) is 0. The van der Waals surface area contributed by atoms with Gasteiger partial charge in [0.1, 0.15) is 5.78 Å². The maximum absolute atomic E-state index is 11.4.